The van der Waals surface area contributed by atoms with Crippen molar-refractivity contribution in [2.24, 2.45) is 10.9 Å². The highest BCUT2D eigenvalue weighted by atomic mass is 19.1. The van der Waals surface area contributed by atoms with Gasteiger partial charge in [0.2, 0.25) is 0 Å². The first-order valence-corrected chi connectivity index (χ1v) is 7.83. The van der Waals surface area contributed by atoms with E-state index in [0.29, 0.717) is 18.0 Å². The molecule has 1 aromatic heterocycles. The molecule has 0 bridgehead atoms. The Morgan fingerprint density at radius 3 is 2.59 bits per heavy atom. The van der Waals surface area contributed by atoms with Gasteiger partial charge in [-0.2, -0.15) is 5.10 Å². The third kappa shape index (κ3) is 3.62. The second-order valence-corrected chi connectivity index (χ2v) is 5.62. The lowest BCUT2D eigenvalue weighted by atomic mass is 9.97. The molecule has 0 amide bonds. The van der Waals surface area contributed by atoms with Crippen LogP contribution in [0.2, 0.25) is 0 Å². The van der Waals surface area contributed by atoms with Crippen molar-refractivity contribution in [3.8, 4) is 11.1 Å². The van der Waals surface area contributed by atoms with Crippen LogP contribution in [0, 0.1) is 18.7 Å². The molecule has 1 aromatic carbocycles. The molecular weight excluding hydrogens is 277 g/mol. The summed E-state index contributed by atoms with van der Waals surface area (Å²) < 4.78 is 15.3. The summed E-state index contributed by atoms with van der Waals surface area (Å²) in [6.07, 6.45) is 6.01. The molecule has 0 atom stereocenters. The number of rotatable bonds is 6. The maximum absolute atomic E-state index is 13.4. The lowest BCUT2D eigenvalue weighted by Crippen LogP contribution is -2.19. The number of hydrogen-bond donors (Lipinski definition) is 0. The van der Waals surface area contributed by atoms with Crippen LogP contribution >= 0.6 is 0 Å². The third-order valence-corrected chi connectivity index (χ3v) is 4.19. The third-order valence-electron chi connectivity index (χ3n) is 4.19. The van der Waals surface area contributed by atoms with Crippen LogP contribution in [0.15, 0.2) is 35.6 Å². The minimum Gasteiger partial charge on any atom is -0.295 e. The molecule has 4 heteroatoms. The van der Waals surface area contributed by atoms with E-state index in [9.17, 15) is 4.39 Å². The average molecular weight is 301 g/mol. The van der Waals surface area contributed by atoms with Crippen LogP contribution in [0.25, 0.3) is 11.1 Å². The molecule has 0 N–H and O–H groups in total. The standard InChI is InChI=1S/C18H24FN3/c1-5-14(6-2)18(20-4)12-22-11-16(10-21-22)15-7-8-17(19)13(3)9-15/h7-11,14H,5-6,12H2,1-4H3/b20-18-. The summed E-state index contributed by atoms with van der Waals surface area (Å²) in [5, 5.41) is 4.43. The predicted octanol–water partition coefficient (Wildman–Crippen LogP) is 4.50. The molecule has 0 aliphatic heterocycles. The number of nitrogens with zero attached hydrogens (tertiary/aromatic N) is 3. The Morgan fingerprint density at radius 1 is 1.27 bits per heavy atom. The highest BCUT2D eigenvalue weighted by molar-refractivity contribution is 5.86. The number of benzene rings is 1. The Bertz CT molecular complexity index is 654. The molecule has 0 spiro atoms. The number of aliphatic imine (C=N–C) groups is 1. The predicted molar refractivity (Wildman–Crippen MR) is 89.8 cm³/mol. The zero-order valence-electron chi connectivity index (χ0n) is 13.8. The fourth-order valence-electron chi connectivity index (χ4n) is 2.73. The van der Waals surface area contributed by atoms with Crippen LogP contribution < -0.4 is 0 Å². The Balaban J connectivity index is 2.19. The molecule has 0 fully saturated rings. The second-order valence-electron chi connectivity index (χ2n) is 5.62. The van der Waals surface area contributed by atoms with Crippen molar-refractivity contribution in [3.05, 3.63) is 42.0 Å². The molecule has 1 heterocycles. The van der Waals surface area contributed by atoms with Gasteiger partial charge < -0.3 is 0 Å². The molecule has 0 aliphatic carbocycles. The van der Waals surface area contributed by atoms with Gasteiger partial charge in [0.1, 0.15) is 5.82 Å². The molecule has 0 aliphatic rings. The van der Waals surface area contributed by atoms with Gasteiger partial charge in [-0.05, 0) is 48.9 Å². The normalized spacial score (nSPS) is 12.2. The Labute approximate surface area is 131 Å². The largest absolute Gasteiger partial charge is 0.295 e. The van der Waals surface area contributed by atoms with Crippen molar-refractivity contribution in [1.82, 2.24) is 9.78 Å². The Kier molecular flexibility index (Phi) is 5.47. The van der Waals surface area contributed by atoms with Crippen LogP contribution in [0.1, 0.15) is 32.3 Å². The maximum Gasteiger partial charge on any atom is 0.126 e. The quantitative estimate of drug-likeness (QED) is 0.722. The number of halogens is 1. The maximum atomic E-state index is 13.4. The molecule has 118 valence electrons. The summed E-state index contributed by atoms with van der Waals surface area (Å²) in [7, 11) is 1.85. The van der Waals surface area contributed by atoms with Crippen molar-refractivity contribution < 1.29 is 4.39 Å². The van der Waals surface area contributed by atoms with Gasteiger partial charge >= 0.3 is 0 Å². The van der Waals surface area contributed by atoms with Gasteiger partial charge in [0.05, 0.1) is 12.7 Å². The summed E-state index contributed by atoms with van der Waals surface area (Å²) >= 11 is 0. The molecule has 0 saturated heterocycles. The Morgan fingerprint density at radius 2 is 2.00 bits per heavy atom. The zero-order chi connectivity index (χ0) is 16.1. The van der Waals surface area contributed by atoms with Gasteiger partial charge in [-0.15, -0.1) is 0 Å². The fourth-order valence-corrected chi connectivity index (χ4v) is 2.73. The molecule has 2 rings (SSSR count). The SMILES string of the molecule is CCC(CC)/C(Cn1cc(-c2ccc(F)c(C)c2)cn1)=N\C. The lowest BCUT2D eigenvalue weighted by Gasteiger charge is -2.15. The lowest BCUT2D eigenvalue weighted by molar-refractivity contribution is 0.603. The molecule has 3 nitrogen and oxygen atoms in total. The van der Waals surface area contributed by atoms with E-state index in [0.717, 1.165) is 24.0 Å². The zero-order valence-corrected chi connectivity index (χ0v) is 13.8. The minimum atomic E-state index is -0.176. The van der Waals surface area contributed by atoms with Crippen LogP contribution in [0.4, 0.5) is 4.39 Å². The topological polar surface area (TPSA) is 30.2 Å². The van der Waals surface area contributed by atoms with E-state index in [1.165, 1.54) is 11.8 Å². The van der Waals surface area contributed by atoms with Crippen molar-refractivity contribution in [1.29, 1.82) is 0 Å². The summed E-state index contributed by atoms with van der Waals surface area (Å²) in [6.45, 7) is 6.87. The smallest absolute Gasteiger partial charge is 0.126 e. The molecule has 22 heavy (non-hydrogen) atoms. The van der Waals surface area contributed by atoms with Crippen molar-refractivity contribution in [2.75, 3.05) is 7.05 Å². The number of aromatic nitrogens is 2. The van der Waals surface area contributed by atoms with E-state index >= 15 is 0 Å². The van der Waals surface area contributed by atoms with Crippen LogP contribution in [0.5, 0.6) is 0 Å². The van der Waals surface area contributed by atoms with Gasteiger partial charge in [0.15, 0.2) is 0 Å². The van der Waals surface area contributed by atoms with Gasteiger partial charge in [-0.25, -0.2) is 4.39 Å². The molecular formula is C18H24FN3. The van der Waals surface area contributed by atoms with Crippen molar-refractivity contribution in [2.45, 2.75) is 40.2 Å². The first kappa shape index (κ1) is 16.4. The van der Waals surface area contributed by atoms with E-state index in [1.54, 1.807) is 13.0 Å². The van der Waals surface area contributed by atoms with Crippen molar-refractivity contribution in [3.63, 3.8) is 0 Å². The van der Waals surface area contributed by atoms with Crippen LogP contribution in [-0.4, -0.2) is 22.5 Å². The van der Waals surface area contributed by atoms with E-state index in [2.05, 4.69) is 23.9 Å². The first-order valence-electron chi connectivity index (χ1n) is 7.83. The van der Waals surface area contributed by atoms with Crippen molar-refractivity contribution >= 4 is 5.71 Å². The highest BCUT2D eigenvalue weighted by Crippen LogP contribution is 2.21. The fraction of sp³-hybridized carbons (Fsp3) is 0.444. The molecule has 0 radical (unpaired) electrons. The second kappa shape index (κ2) is 7.34. The van der Waals surface area contributed by atoms with Crippen LogP contribution in [-0.2, 0) is 6.54 Å². The Hall–Kier alpha value is -1.97. The minimum absolute atomic E-state index is 0.176. The van der Waals surface area contributed by atoms with Crippen LogP contribution in [0.3, 0.4) is 0 Å². The summed E-state index contributed by atoms with van der Waals surface area (Å²) in [5.41, 5.74) is 3.82. The van der Waals surface area contributed by atoms with E-state index in [1.807, 2.05) is 30.2 Å². The highest BCUT2D eigenvalue weighted by Gasteiger charge is 2.13. The summed E-state index contributed by atoms with van der Waals surface area (Å²) in [4.78, 5) is 4.44. The average Bonchev–Trinajstić information content (AvgIpc) is 2.98. The molecule has 2 aromatic rings. The number of aryl methyl sites for hydroxylation is 1. The van der Waals surface area contributed by atoms with Gasteiger partial charge in [-0.3, -0.25) is 9.67 Å². The summed E-state index contributed by atoms with van der Waals surface area (Å²) in [6, 6.07) is 5.15. The van der Waals surface area contributed by atoms with Gasteiger partial charge in [-0.1, -0.05) is 19.9 Å². The summed E-state index contributed by atoms with van der Waals surface area (Å²) in [5.74, 6) is 0.330. The first-order chi connectivity index (χ1) is 10.6. The van der Waals surface area contributed by atoms with Gasteiger partial charge in [0, 0.05) is 24.5 Å². The van der Waals surface area contributed by atoms with Gasteiger partial charge in [0.25, 0.3) is 0 Å². The van der Waals surface area contributed by atoms with E-state index < -0.39 is 0 Å². The number of hydrogen-bond acceptors (Lipinski definition) is 2. The van der Waals surface area contributed by atoms with E-state index in [-0.39, 0.29) is 5.82 Å². The van der Waals surface area contributed by atoms with E-state index in [4.69, 9.17) is 0 Å². The monoisotopic (exact) mass is 301 g/mol. The molecule has 0 saturated carbocycles. The molecule has 0 unspecified atom stereocenters.